The Morgan fingerprint density at radius 1 is 1.00 bits per heavy atom. The van der Waals surface area contributed by atoms with Gasteiger partial charge < -0.3 is 19.5 Å². The Morgan fingerprint density at radius 3 is 2.54 bits per heavy atom. The fourth-order valence-corrected chi connectivity index (χ4v) is 4.63. The number of rotatable bonds is 6. The van der Waals surface area contributed by atoms with Gasteiger partial charge >= 0.3 is 0 Å². The van der Waals surface area contributed by atoms with Crippen LogP contribution in [0.3, 0.4) is 0 Å². The highest BCUT2D eigenvalue weighted by molar-refractivity contribution is 7.80. The fourth-order valence-electron chi connectivity index (χ4n) is 4.32. The van der Waals surface area contributed by atoms with Crippen molar-refractivity contribution in [3.05, 3.63) is 107 Å². The summed E-state index contributed by atoms with van der Waals surface area (Å²) in [5.74, 6) is 1.77. The maximum atomic E-state index is 5.85. The molecule has 0 radical (unpaired) electrons. The van der Waals surface area contributed by atoms with Gasteiger partial charge in [-0.05, 0) is 54.9 Å². The Kier molecular flexibility index (Phi) is 6.33. The van der Waals surface area contributed by atoms with Gasteiger partial charge in [-0.15, -0.1) is 0 Å². The molecule has 6 nitrogen and oxygen atoms in total. The summed E-state index contributed by atoms with van der Waals surface area (Å²) in [4.78, 5) is 6.87. The first-order chi connectivity index (χ1) is 17.0. The van der Waals surface area contributed by atoms with Crippen molar-refractivity contribution < 1.29 is 9.26 Å². The number of methoxy groups -OCH3 is 1. The third-order valence-electron chi connectivity index (χ3n) is 6.30. The van der Waals surface area contributed by atoms with Gasteiger partial charge in [-0.3, -0.25) is 0 Å². The summed E-state index contributed by atoms with van der Waals surface area (Å²) in [6.45, 7) is 4.80. The summed E-state index contributed by atoms with van der Waals surface area (Å²) in [6, 6.07) is 25.8. The van der Waals surface area contributed by atoms with E-state index in [9.17, 15) is 0 Å². The van der Waals surface area contributed by atoms with E-state index in [1.807, 2.05) is 66.7 Å². The number of hydrogen-bond donors (Lipinski definition) is 1. The van der Waals surface area contributed by atoms with Gasteiger partial charge in [0.2, 0.25) is 5.82 Å². The Morgan fingerprint density at radius 2 is 1.77 bits per heavy atom. The first kappa shape index (κ1) is 22.8. The fraction of sp³-hybridized carbons (Fsp3) is 0.179. The van der Waals surface area contributed by atoms with E-state index in [1.165, 1.54) is 11.1 Å². The lowest BCUT2D eigenvalue weighted by atomic mass is 9.94. The summed E-state index contributed by atoms with van der Waals surface area (Å²) >= 11 is 5.85. The summed E-state index contributed by atoms with van der Waals surface area (Å²) in [6.07, 6.45) is 0. The number of nitrogens with zero attached hydrogens (tertiary/aromatic N) is 3. The van der Waals surface area contributed by atoms with Crippen molar-refractivity contribution in [2.75, 3.05) is 7.11 Å². The Bertz CT molecular complexity index is 1400. The van der Waals surface area contributed by atoms with E-state index < -0.39 is 0 Å². The molecule has 0 spiro atoms. The van der Waals surface area contributed by atoms with Crippen LogP contribution in [0.1, 0.15) is 35.5 Å². The average molecular weight is 483 g/mol. The van der Waals surface area contributed by atoms with E-state index in [0.717, 1.165) is 28.1 Å². The first-order valence-electron chi connectivity index (χ1n) is 11.4. The van der Waals surface area contributed by atoms with Crippen LogP contribution in [0.2, 0.25) is 0 Å². The van der Waals surface area contributed by atoms with Crippen molar-refractivity contribution in [2.24, 2.45) is 0 Å². The van der Waals surface area contributed by atoms with Gasteiger partial charge in [0, 0.05) is 11.3 Å². The van der Waals surface area contributed by atoms with Gasteiger partial charge in [-0.2, -0.15) is 4.98 Å². The molecule has 3 aromatic carbocycles. The highest BCUT2D eigenvalue weighted by Gasteiger charge is 2.34. The molecule has 2 heterocycles. The minimum absolute atomic E-state index is 0.269. The molecule has 0 bridgehead atoms. The number of ether oxygens (including phenoxy) is 1. The lowest BCUT2D eigenvalue weighted by Crippen LogP contribution is -2.45. The minimum atomic E-state index is -0.269. The molecule has 0 fully saturated rings. The van der Waals surface area contributed by atoms with Crippen molar-refractivity contribution in [2.45, 2.75) is 26.4 Å². The van der Waals surface area contributed by atoms with Gasteiger partial charge in [-0.25, -0.2) is 0 Å². The van der Waals surface area contributed by atoms with E-state index in [2.05, 4.69) is 41.4 Å². The van der Waals surface area contributed by atoms with Crippen molar-refractivity contribution >= 4 is 22.9 Å². The molecule has 1 aliphatic rings. The molecule has 1 N–H and O–H groups in total. The summed E-state index contributed by atoms with van der Waals surface area (Å²) in [5, 5.41) is 8.44. The van der Waals surface area contributed by atoms with E-state index >= 15 is 0 Å². The topological polar surface area (TPSA) is 63.4 Å². The van der Waals surface area contributed by atoms with Gasteiger partial charge in [0.1, 0.15) is 5.75 Å². The number of nitrogens with one attached hydrogen (secondary N) is 1. The SMILES string of the molecule is COc1cccc(C2NC(=S)N(Cc3ccccc3C)C(C)=C2c2nc(-c3ccccc3)no2)c1. The van der Waals surface area contributed by atoms with Crippen LogP contribution in [0.5, 0.6) is 5.75 Å². The summed E-state index contributed by atoms with van der Waals surface area (Å²) in [5.41, 5.74) is 6.16. The first-order valence-corrected chi connectivity index (χ1v) is 11.8. The molecule has 0 aliphatic carbocycles. The Balaban J connectivity index is 1.62. The summed E-state index contributed by atoms with van der Waals surface area (Å²) < 4.78 is 11.3. The van der Waals surface area contributed by atoms with E-state index in [4.69, 9.17) is 26.5 Å². The van der Waals surface area contributed by atoms with Gasteiger partial charge in [0.05, 0.1) is 25.3 Å². The molecule has 35 heavy (non-hydrogen) atoms. The normalized spacial score (nSPS) is 15.8. The molecule has 1 aliphatic heterocycles. The van der Waals surface area contributed by atoms with Crippen molar-refractivity contribution in [3.63, 3.8) is 0 Å². The second kappa shape index (κ2) is 9.72. The van der Waals surface area contributed by atoms with E-state index in [1.54, 1.807) is 7.11 Å². The Hall–Kier alpha value is -3.97. The molecule has 176 valence electrons. The monoisotopic (exact) mass is 482 g/mol. The van der Waals surface area contributed by atoms with Crippen molar-refractivity contribution in [1.29, 1.82) is 0 Å². The number of benzene rings is 3. The summed E-state index contributed by atoms with van der Waals surface area (Å²) in [7, 11) is 1.66. The van der Waals surface area contributed by atoms with Crippen LogP contribution >= 0.6 is 12.2 Å². The maximum Gasteiger partial charge on any atom is 0.258 e. The molecular weight excluding hydrogens is 456 g/mol. The lowest BCUT2D eigenvalue weighted by molar-refractivity contribution is 0.395. The third kappa shape index (κ3) is 4.55. The molecule has 0 saturated carbocycles. The molecular formula is C28H26N4O2S. The van der Waals surface area contributed by atoms with Crippen LogP contribution in [-0.2, 0) is 6.54 Å². The number of aromatic nitrogens is 2. The molecule has 4 aromatic rings. The number of allylic oxidation sites excluding steroid dienone is 1. The quantitative estimate of drug-likeness (QED) is 0.343. The van der Waals surface area contributed by atoms with Gasteiger partial charge in [-0.1, -0.05) is 71.9 Å². The smallest absolute Gasteiger partial charge is 0.258 e. The Labute approximate surface area is 210 Å². The van der Waals surface area contributed by atoms with Gasteiger partial charge in [0.25, 0.3) is 5.89 Å². The molecule has 1 atom stereocenters. The van der Waals surface area contributed by atoms with Crippen LogP contribution < -0.4 is 10.1 Å². The number of hydrogen-bond acceptors (Lipinski definition) is 5. The average Bonchev–Trinajstić information content (AvgIpc) is 3.37. The molecule has 0 amide bonds. The molecule has 1 aromatic heterocycles. The molecule has 7 heteroatoms. The van der Waals surface area contributed by atoms with Crippen LogP contribution in [0, 0.1) is 6.92 Å². The lowest BCUT2D eigenvalue weighted by Gasteiger charge is -2.37. The van der Waals surface area contributed by atoms with Crippen LogP contribution in [0.15, 0.2) is 89.1 Å². The zero-order valence-electron chi connectivity index (χ0n) is 19.9. The van der Waals surface area contributed by atoms with Crippen LogP contribution in [0.25, 0.3) is 17.0 Å². The minimum Gasteiger partial charge on any atom is -0.497 e. The van der Waals surface area contributed by atoms with E-state index in [0.29, 0.717) is 23.4 Å². The highest BCUT2D eigenvalue weighted by Crippen LogP contribution is 2.38. The number of aryl methyl sites for hydroxylation is 1. The van der Waals surface area contributed by atoms with Crippen LogP contribution in [-0.4, -0.2) is 27.3 Å². The van der Waals surface area contributed by atoms with Crippen molar-refractivity contribution in [3.8, 4) is 17.1 Å². The predicted octanol–water partition coefficient (Wildman–Crippen LogP) is 5.92. The third-order valence-corrected chi connectivity index (χ3v) is 6.64. The number of thiocarbonyl (C=S) groups is 1. The standard InChI is InChI=1S/C28H26N4O2S/c1-18-10-7-8-13-22(18)17-32-19(2)24(27-30-26(31-34-27)20-11-5-4-6-12-20)25(29-28(32)35)21-14-9-15-23(16-21)33-3/h4-16,25H,17H2,1-3H3,(H,29,35). The van der Waals surface area contributed by atoms with Crippen LogP contribution in [0.4, 0.5) is 0 Å². The maximum absolute atomic E-state index is 5.85. The largest absolute Gasteiger partial charge is 0.497 e. The molecule has 5 rings (SSSR count). The zero-order valence-corrected chi connectivity index (χ0v) is 20.7. The molecule has 0 saturated heterocycles. The van der Waals surface area contributed by atoms with E-state index in [-0.39, 0.29) is 6.04 Å². The highest BCUT2D eigenvalue weighted by atomic mass is 32.1. The predicted molar refractivity (Wildman–Crippen MR) is 141 cm³/mol. The van der Waals surface area contributed by atoms with Gasteiger partial charge in [0.15, 0.2) is 5.11 Å². The zero-order chi connectivity index (χ0) is 24.4. The second-order valence-corrected chi connectivity index (χ2v) is 8.85. The van der Waals surface area contributed by atoms with Crippen molar-refractivity contribution in [1.82, 2.24) is 20.4 Å². The second-order valence-electron chi connectivity index (χ2n) is 8.46. The molecule has 1 unspecified atom stereocenters.